The maximum Gasteiger partial charge on any atom is 0.176 e. The van der Waals surface area contributed by atoms with E-state index in [1.807, 2.05) is 0 Å². The summed E-state index contributed by atoms with van der Waals surface area (Å²) in [5.41, 5.74) is 0.433. The quantitative estimate of drug-likeness (QED) is 0.731. The van der Waals surface area contributed by atoms with Gasteiger partial charge in [-0.15, -0.1) is 0 Å². The Morgan fingerprint density at radius 1 is 1.24 bits per heavy atom. The Hall–Kier alpha value is -1.30. The molecule has 0 saturated carbocycles. The number of Topliss-reactive ketones (excluding diaryl/α,β-unsaturated/α-hetero) is 1. The molecule has 17 heavy (non-hydrogen) atoms. The first-order valence-corrected chi connectivity index (χ1v) is 5.43. The van der Waals surface area contributed by atoms with E-state index in [-0.39, 0.29) is 31.2 Å². The van der Waals surface area contributed by atoms with Crippen LogP contribution < -0.4 is 0 Å². The highest BCUT2D eigenvalue weighted by atomic mass is 19.1. The number of benzene rings is 1. The summed E-state index contributed by atoms with van der Waals surface area (Å²) in [5, 5.41) is 18.7. The number of rotatable bonds is 3. The lowest BCUT2D eigenvalue weighted by Crippen LogP contribution is -2.28. The van der Waals surface area contributed by atoms with Gasteiger partial charge in [-0.25, -0.2) is 4.39 Å². The molecule has 2 atom stereocenters. The van der Waals surface area contributed by atoms with E-state index in [0.717, 1.165) is 0 Å². The van der Waals surface area contributed by atoms with Crippen LogP contribution in [-0.2, 0) is 0 Å². The molecule has 1 aliphatic rings. The molecule has 4 nitrogen and oxygen atoms in total. The van der Waals surface area contributed by atoms with Crippen LogP contribution in [0.25, 0.3) is 0 Å². The van der Waals surface area contributed by atoms with E-state index in [1.165, 1.54) is 24.3 Å². The lowest BCUT2D eigenvalue weighted by Gasteiger charge is -2.13. The Bertz CT molecular complexity index is 397. The molecule has 0 aromatic heterocycles. The molecule has 1 saturated heterocycles. The van der Waals surface area contributed by atoms with Crippen LogP contribution in [0.4, 0.5) is 4.39 Å². The van der Waals surface area contributed by atoms with Gasteiger partial charge in [0, 0.05) is 18.7 Å². The topological polar surface area (TPSA) is 60.8 Å². The van der Waals surface area contributed by atoms with Crippen LogP contribution in [0.15, 0.2) is 24.3 Å². The zero-order valence-corrected chi connectivity index (χ0v) is 9.21. The summed E-state index contributed by atoms with van der Waals surface area (Å²) in [6.07, 6.45) is -1.59. The Morgan fingerprint density at radius 2 is 1.76 bits per heavy atom. The normalized spacial score (nSPS) is 25.1. The average molecular weight is 239 g/mol. The van der Waals surface area contributed by atoms with Gasteiger partial charge >= 0.3 is 0 Å². The maximum absolute atomic E-state index is 12.7. The number of aliphatic hydroxyl groups excluding tert-OH is 2. The zero-order chi connectivity index (χ0) is 12.4. The van der Waals surface area contributed by atoms with Crippen molar-refractivity contribution in [3.05, 3.63) is 35.6 Å². The first-order chi connectivity index (χ1) is 8.06. The predicted octanol–water partition coefficient (Wildman–Crippen LogP) is 0.0458. The van der Waals surface area contributed by atoms with Crippen molar-refractivity contribution in [1.82, 2.24) is 4.90 Å². The molecule has 0 bridgehead atoms. The van der Waals surface area contributed by atoms with Gasteiger partial charge in [0.2, 0.25) is 0 Å². The molecule has 2 N–H and O–H groups in total. The summed E-state index contributed by atoms with van der Waals surface area (Å²) in [5.74, 6) is -0.528. The van der Waals surface area contributed by atoms with E-state index in [9.17, 15) is 19.4 Å². The summed E-state index contributed by atoms with van der Waals surface area (Å²) < 4.78 is 12.7. The molecule has 1 aromatic rings. The number of carbonyl (C=O) groups is 1. The molecule has 1 fully saturated rings. The first kappa shape index (κ1) is 12.2. The molecule has 2 rings (SSSR count). The van der Waals surface area contributed by atoms with Crippen molar-refractivity contribution in [2.75, 3.05) is 19.6 Å². The van der Waals surface area contributed by atoms with Crippen LogP contribution in [0, 0.1) is 5.82 Å². The van der Waals surface area contributed by atoms with Gasteiger partial charge in [-0.2, -0.15) is 0 Å². The van der Waals surface area contributed by atoms with Crippen LogP contribution in [0.2, 0.25) is 0 Å². The van der Waals surface area contributed by atoms with E-state index < -0.39 is 12.2 Å². The van der Waals surface area contributed by atoms with Crippen LogP contribution in [0.1, 0.15) is 10.4 Å². The fourth-order valence-corrected chi connectivity index (χ4v) is 1.91. The van der Waals surface area contributed by atoms with Crippen molar-refractivity contribution in [3.63, 3.8) is 0 Å². The minimum atomic E-state index is -0.795. The second-order valence-electron chi connectivity index (χ2n) is 4.26. The van der Waals surface area contributed by atoms with E-state index in [1.54, 1.807) is 4.90 Å². The summed E-state index contributed by atoms with van der Waals surface area (Å²) in [7, 11) is 0. The molecule has 5 heteroatoms. The molecular formula is C12H14FNO3. The molecule has 0 spiro atoms. The van der Waals surface area contributed by atoms with Gasteiger partial charge in [0.1, 0.15) is 5.82 Å². The Labute approximate surface area is 98.3 Å². The molecule has 1 aromatic carbocycles. The Kier molecular flexibility index (Phi) is 3.51. The third-order valence-corrected chi connectivity index (χ3v) is 2.87. The average Bonchev–Trinajstić information content (AvgIpc) is 2.58. The smallest absolute Gasteiger partial charge is 0.176 e. The SMILES string of the molecule is O=C(CN1CC(O)C(O)C1)c1ccc(F)cc1. The second-order valence-corrected chi connectivity index (χ2v) is 4.26. The van der Waals surface area contributed by atoms with Gasteiger partial charge in [-0.3, -0.25) is 9.69 Å². The number of nitrogens with zero attached hydrogens (tertiary/aromatic N) is 1. The van der Waals surface area contributed by atoms with E-state index in [4.69, 9.17) is 0 Å². The third-order valence-electron chi connectivity index (χ3n) is 2.87. The van der Waals surface area contributed by atoms with Crippen molar-refractivity contribution in [3.8, 4) is 0 Å². The molecular weight excluding hydrogens is 225 g/mol. The number of carbonyl (C=O) groups excluding carboxylic acids is 1. The van der Waals surface area contributed by atoms with E-state index >= 15 is 0 Å². The fraction of sp³-hybridized carbons (Fsp3) is 0.417. The monoisotopic (exact) mass is 239 g/mol. The number of β-amino-alcohol motifs (C(OH)–C–C–N with tert-alkyl or cyclic N) is 2. The predicted molar refractivity (Wildman–Crippen MR) is 59.2 cm³/mol. The number of ketones is 1. The Morgan fingerprint density at radius 3 is 2.29 bits per heavy atom. The summed E-state index contributed by atoms with van der Waals surface area (Å²) >= 11 is 0. The highest BCUT2D eigenvalue weighted by Gasteiger charge is 2.30. The lowest BCUT2D eigenvalue weighted by atomic mass is 10.1. The second kappa shape index (κ2) is 4.91. The van der Waals surface area contributed by atoms with Crippen molar-refractivity contribution in [2.45, 2.75) is 12.2 Å². The van der Waals surface area contributed by atoms with E-state index in [0.29, 0.717) is 5.56 Å². The van der Waals surface area contributed by atoms with Crippen molar-refractivity contribution < 1.29 is 19.4 Å². The van der Waals surface area contributed by atoms with Crippen LogP contribution in [-0.4, -0.2) is 52.7 Å². The van der Waals surface area contributed by atoms with Gasteiger partial charge in [0.25, 0.3) is 0 Å². The molecule has 1 heterocycles. The molecule has 92 valence electrons. The number of hydrogen-bond acceptors (Lipinski definition) is 4. The summed E-state index contributed by atoms with van der Waals surface area (Å²) in [6.45, 7) is 0.696. The number of hydrogen-bond donors (Lipinski definition) is 2. The third kappa shape index (κ3) is 2.88. The van der Waals surface area contributed by atoms with Crippen LogP contribution in [0.3, 0.4) is 0 Å². The van der Waals surface area contributed by atoms with Crippen molar-refractivity contribution in [1.29, 1.82) is 0 Å². The minimum absolute atomic E-state index is 0.125. The standard InChI is InChI=1S/C12H14FNO3/c13-9-3-1-8(2-4-9)10(15)5-14-6-11(16)12(17)7-14/h1-4,11-12,16-17H,5-7H2. The maximum atomic E-state index is 12.7. The molecule has 0 amide bonds. The number of halogens is 1. The molecule has 1 aliphatic heterocycles. The number of likely N-dealkylation sites (tertiary alicyclic amines) is 1. The first-order valence-electron chi connectivity index (χ1n) is 5.43. The van der Waals surface area contributed by atoms with Gasteiger partial charge in [0.05, 0.1) is 18.8 Å². The molecule has 2 unspecified atom stereocenters. The summed E-state index contributed by atoms with van der Waals surface area (Å²) in [6, 6.07) is 5.34. The number of aliphatic hydroxyl groups is 2. The largest absolute Gasteiger partial charge is 0.389 e. The summed E-state index contributed by atoms with van der Waals surface area (Å²) in [4.78, 5) is 13.5. The molecule has 0 aliphatic carbocycles. The van der Waals surface area contributed by atoms with Crippen LogP contribution in [0.5, 0.6) is 0 Å². The zero-order valence-electron chi connectivity index (χ0n) is 9.21. The minimum Gasteiger partial charge on any atom is -0.389 e. The highest BCUT2D eigenvalue weighted by Crippen LogP contribution is 2.11. The molecule has 0 radical (unpaired) electrons. The van der Waals surface area contributed by atoms with Gasteiger partial charge in [-0.1, -0.05) is 0 Å². The van der Waals surface area contributed by atoms with Gasteiger partial charge in [-0.05, 0) is 24.3 Å². The fourth-order valence-electron chi connectivity index (χ4n) is 1.91. The highest BCUT2D eigenvalue weighted by molar-refractivity contribution is 5.97. The Balaban J connectivity index is 1.96. The van der Waals surface area contributed by atoms with E-state index in [2.05, 4.69) is 0 Å². The van der Waals surface area contributed by atoms with Crippen LogP contribution >= 0.6 is 0 Å². The lowest BCUT2D eigenvalue weighted by molar-refractivity contribution is 0.0572. The van der Waals surface area contributed by atoms with Crippen molar-refractivity contribution >= 4 is 5.78 Å². The van der Waals surface area contributed by atoms with Gasteiger partial charge < -0.3 is 10.2 Å². The van der Waals surface area contributed by atoms with Crippen molar-refractivity contribution in [2.24, 2.45) is 0 Å². The van der Waals surface area contributed by atoms with Gasteiger partial charge in [0.15, 0.2) is 5.78 Å².